The van der Waals surface area contributed by atoms with E-state index in [1.165, 1.54) is 25.8 Å². The van der Waals surface area contributed by atoms with Gasteiger partial charge in [0.2, 0.25) is 0 Å². The third-order valence-corrected chi connectivity index (χ3v) is 4.34. The molecule has 2 aromatic rings. The van der Waals surface area contributed by atoms with Crippen LogP contribution in [0.1, 0.15) is 41.3 Å². The number of amides is 1. The second-order valence-corrected chi connectivity index (χ2v) is 6.64. The van der Waals surface area contributed by atoms with E-state index in [-0.39, 0.29) is 18.1 Å². The van der Waals surface area contributed by atoms with Crippen LogP contribution < -0.4 is 14.8 Å². The van der Waals surface area contributed by atoms with Gasteiger partial charge < -0.3 is 19.5 Å². The minimum absolute atomic E-state index is 0.208. The van der Waals surface area contributed by atoms with Crippen LogP contribution in [0.15, 0.2) is 42.5 Å². The Balaban J connectivity index is 1.80. The summed E-state index contributed by atoms with van der Waals surface area (Å²) in [6.45, 7) is 4.42. The van der Waals surface area contributed by atoms with E-state index in [0.29, 0.717) is 30.4 Å². The summed E-state index contributed by atoms with van der Waals surface area (Å²) in [4.78, 5) is 24.2. The van der Waals surface area contributed by atoms with E-state index in [4.69, 9.17) is 14.2 Å². The molecule has 2 aromatic carbocycles. The maximum Gasteiger partial charge on any atom is 0.342 e. The predicted molar refractivity (Wildman–Crippen MR) is 107 cm³/mol. The molecule has 1 N–H and O–H groups in total. The average Bonchev–Trinajstić information content (AvgIpc) is 2.71. The van der Waals surface area contributed by atoms with Gasteiger partial charge >= 0.3 is 5.97 Å². The lowest BCUT2D eigenvalue weighted by Gasteiger charge is -2.11. The van der Waals surface area contributed by atoms with Crippen molar-refractivity contribution in [1.82, 2.24) is 5.32 Å². The predicted octanol–water partition coefficient (Wildman–Crippen LogP) is 3.34. The molecular formula is C22H27NO5. The van der Waals surface area contributed by atoms with Gasteiger partial charge in [-0.2, -0.15) is 0 Å². The Bertz CT molecular complexity index is 799. The minimum Gasteiger partial charge on any atom is -0.497 e. The van der Waals surface area contributed by atoms with Crippen LogP contribution >= 0.6 is 0 Å². The van der Waals surface area contributed by atoms with E-state index >= 15 is 0 Å². The van der Waals surface area contributed by atoms with Crippen molar-refractivity contribution in [3.63, 3.8) is 0 Å². The lowest BCUT2D eigenvalue weighted by Crippen LogP contribution is -2.30. The molecule has 0 aliphatic carbocycles. The van der Waals surface area contributed by atoms with E-state index in [9.17, 15) is 9.59 Å². The van der Waals surface area contributed by atoms with Gasteiger partial charge in [-0.05, 0) is 41.7 Å². The fourth-order valence-corrected chi connectivity index (χ4v) is 2.65. The Morgan fingerprint density at radius 1 is 1.00 bits per heavy atom. The smallest absolute Gasteiger partial charge is 0.342 e. The van der Waals surface area contributed by atoms with Gasteiger partial charge in [0.25, 0.3) is 5.91 Å². The topological polar surface area (TPSA) is 73.9 Å². The van der Waals surface area contributed by atoms with Crippen LogP contribution in [0.25, 0.3) is 0 Å². The third-order valence-electron chi connectivity index (χ3n) is 4.34. The van der Waals surface area contributed by atoms with Crippen molar-refractivity contribution < 1.29 is 23.8 Å². The molecule has 6 heteroatoms. The fourth-order valence-electron chi connectivity index (χ4n) is 2.65. The molecule has 0 unspecified atom stereocenters. The first-order valence-corrected chi connectivity index (χ1v) is 9.19. The molecule has 0 aliphatic rings. The highest BCUT2D eigenvalue weighted by atomic mass is 16.5. The summed E-state index contributed by atoms with van der Waals surface area (Å²) in [5.41, 5.74) is 2.63. The summed E-state index contributed by atoms with van der Waals surface area (Å²) in [6, 6.07) is 13.1. The van der Waals surface area contributed by atoms with E-state index < -0.39 is 5.97 Å². The molecule has 0 saturated heterocycles. The number of esters is 1. The number of carbonyl (C=O) groups excluding carboxylic acids is 2. The number of rotatable bonds is 9. The van der Waals surface area contributed by atoms with E-state index in [1.807, 2.05) is 0 Å². The van der Waals surface area contributed by atoms with Crippen molar-refractivity contribution in [2.45, 2.75) is 26.2 Å². The highest BCUT2D eigenvalue weighted by Gasteiger charge is 2.16. The summed E-state index contributed by atoms with van der Waals surface area (Å²) in [5.74, 6) is 0.354. The number of benzene rings is 2. The molecule has 6 nitrogen and oxygen atoms in total. The van der Waals surface area contributed by atoms with Gasteiger partial charge in [-0.3, -0.25) is 4.79 Å². The Labute approximate surface area is 165 Å². The summed E-state index contributed by atoms with van der Waals surface area (Å²) in [5, 5.41) is 2.75. The van der Waals surface area contributed by atoms with Gasteiger partial charge in [0.05, 0.1) is 14.2 Å². The zero-order valence-corrected chi connectivity index (χ0v) is 16.8. The molecule has 150 valence electrons. The van der Waals surface area contributed by atoms with Crippen molar-refractivity contribution >= 4 is 11.9 Å². The van der Waals surface area contributed by atoms with Crippen molar-refractivity contribution in [2.75, 3.05) is 27.4 Å². The maximum atomic E-state index is 12.2. The second-order valence-electron chi connectivity index (χ2n) is 6.64. The number of nitrogens with one attached hydrogen (secondary N) is 1. The Morgan fingerprint density at radius 3 is 2.32 bits per heavy atom. The SMILES string of the molecule is COc1ccc(OC)c(C(=O)OCC(=O)NCCc2ccc(C(C)C)cc2)c1. The number of hydrogen-bond acceptors (Lipinski definition) is 5. The number of ether oxygens (including phenoxy) is 3. The molecule has 0 radical (unpaired) electrons. The molecule has 0 heterocycles. The number of carbonyl (C=O) groups is 2. The van der Waals surface area contributed by atoms with Crippen LogP contribution in [0, 0.1) is 0 Å². The van der Waals surface area contributed by atoms with Gasteiger partial charge in [0, 0.05) is 6.54 Å². The molecule has 0 bridgehead atoms. The molecule has 0 atom stereocenters. The molecule has 0 saturated carbocycles. The van der Waals surface area contributed by atoms with Crippen LogP contribution in [0.3, 0.4) is 0 Å². The fraction of sp³-hybridized carbons (Fsp3) is 0.364. The molecule has 1 amide bonds. The summed E-state index contributed by atoms with van der Waals surface area (Å²) in [6.07, 6.45) is 0.710. The highest BCUT2D eigenvalue weighted by Crippen LogP contribution is 2.24. The lowest BCUT2D eigenvalue weighted by atomic mass is 10.0. The minimum atomic E-state index is -0.643. The molecule has 0 fully saturated rings. The van der Waals surface area contributed by atoms with Gasteiger partial charge in [-0.1, -0.05) is 38.1 Å². The normalized spacial score (nSPS) is 10.5. The molecule has 0 aromatic heterocycles. The van der Waals surface area contributed by atoms with Crippen molar-refractivity contribution in [3.8, 4) is 11.5 Å². The van der Waals surface area contributed by atoms with Crippen molar-refractivity contribution in [1.29, 1.82) is 0 Å². The first kappa shape index (κ1) is 21.3. The van der Waals surface area contributed by atoms with Crippen LogP contribution in [0.5, 0.6) is 11.5 Å². The van der Waals surface area contributed by atoms with Crippen LogP contribution in [-0.4, -0.2) is 39.2 Å². The largest absolute Gasteiger partial charge is 0.497 e. The summed E-state index contributed by atoms with van der Waals surface area (Å²) >= 11 is 0. The monoisotopic (exact) mass is 385 g/mol. The van der Waals surface area contributed by atoms with Gasteiger partial charge in [0.15, 0.2) is 6.61 Å². The summed E-state index contributed by atoms with van der Waals surface area (Å²) < 4.78 is 15.3. The van der Waals surface area contributed by atoms with Crippen molar-refractivity contribution in [3.05, 3.63) is 59.2 Å². The Hall–Kier alpha value is -3.02. The second kappa shape index (κ2) is 10.3. The van der Waals surface area contributed by atoms with Gasteiger partial charge in [-0.15, -0.1) is 0 Å². The van der Waals surface area contributed by atoms with E-state index in [1.54, 1.807) is 12.1 Å². The standard InChI is InChI=1S/C22H27NO5/c1-15(2)17-7-5-16(6-8-17)11-12-23-21(24)14-28-22(25)19-13-18(26-3)9-10-20(19)27-4/h5-10,13,15H,11-12,14H2,1-4H3,(H,23,24). The molecule has 2 rings (SSSR count). The summed E-state index contributed by atoms with van der Waals surface area (Å²) in [7, 11) is 2.96. The van der Waals surface area contributed by atoms with Crippen LogP contribution in [-0.2, 0) is 16.0 Å². The Morgan fingerprint density at radius 2 is 1.71 bits per heavy atom. The molecule has 0 aliphatic heterocycles. The number of hydrogen-bond donors (Lipinski definition) is 1. The van der Waals surface area contributed by atoms with Crippen LogP contribution in [0.2, 0.25) is 0 Å². The van der Waals surface area contributed by atoms with Gasteiger partial charge in [-0.25, -0.2) is 4.79 Å². The molecule has 28 heavy (non-hydrogen) atoms. The highest BCUT2D eigenvalue weighted by molar-refractivity contribution is 5.94. The van der Waals surface area contributed by atoms with Crippen molar-refractivity contribution in [2.24, 2.45) is 0 Å². The lowest BCUT2D eigenvalue weighted by molar-refractivity contribution is -0.124. The zero-order chi connectivity index (χ0) is 20.5. The van der Waals surface area contributed by atoms with E-state index in [0.717, 1.165) is 5.56 Å². The van der Waals surface area contributed by atoms with Crippen LogP contribution in [0.4, 0.5) is 0 Å². The average molecular weight is 385 g/mol. The third kappa shape index (κ3) is 6.01. The first-order chi connectivity index (χ1) is 13.4. The molecule has 0 spiro atoms. The molecular weight excluding hydrogens is 358 g/mol. The quantitative estimate of drug-likeness (QED) is 0.670. The Kier molecular flexibility index (Phi) is 7.87. The number of methoxy groups -OCH3 is 2. The first-order valence-electron chi connectivity index (χ1n) is 9.19. The maximum absolute atomic E-state index is 12.2. The van der Waals surface area contributed by atoms with E-state index in [2.05, 4.69) is 43.4 Å². The zero-order valence-electron chi connectivity index (χ0n) is 16.8. The van der Waals surface area contributed by atoms with Gasteiger partial charge in [0.1, 0.15) is 17.1 Å².